The molecule has 3 nitrogen and oxygen atoms in total. The number of ether oxygens (including phenoxy) is 3. The SMILES string of the molecule is CCC1OC2CC(COC)CC2O1. The van der Waals surface area contributed by atoms with Crippen molar-refractivity contribution in [3.63, 3.8) is 0 Å². The molecule has 1 aliphatic heterocycles. The zero-order valence-electron chi connectivity index (χ0n) is 8.36. The molecule has 76 valence electrons. The molecular formula is C10H18O3. The number of hydrogen-bond acceptors (Lipinski definition) is 3. The van der Waals surface area contributed by atoms with Crippen LogP contribution in [0.4, 0.5) is 0 Å². The number of rotatable bonds is 3. The van der Waals surface area contributed by atoms with Crippen LogP contribution >= 0.6 is 0 Å². The maximum absolute atomic E-state index is 5.73. The number of methoxy groups -OCH3 is 1. The fraction of sp³-hybridized carbons (Fsp3) is 1.00. The first kappa shape index (κ1) is 9.44. The Bertz CT molecular complexity index is 158. The smallest absolute Gasteiger partial charge is 0.158 e. The standard InChI is InChI=1S/C10H18O3/c1-3-10-12-8-4-7(6-11-2)5-9(8)13-10/h7-10H,3-6H2,1-2H3. The van der Waals surface area contributed by atoms with Crippen molar-refractivity contribution >= 4 is 0 Å². The summed E-state index contributed by atoms with van der Waals surface area (Å²) in [6, 6.07) is 0. The third-order valence-electron chi connectivity index (χ3n) is 2.93. The highest BCUT2D eigenvalue weighted by Gasteiger charge is 2.42. The van der Waals surface area contributed by atoms with Crippen LogP contribution in [0.15, 0.2) is 0 Å². The van der Waals surface area contributed by atoms with Crippen LogP contribution in [0.2, 0.25) is 0 Å². The second kappa shape index (κ2) is 3.95. The molecule has 3 heteroatoms. The van der Waals surface area contributed by atoms with Gasteiger partial charge < -0.3 is 14.2 Å². The molecule has 0 spiro atoms. The Kier molecular flexibility index (Phi) is 2.86. The van der Waals surface area contributed by atoms with Gasteiger partial charge in [0.05, 0.1) is 12.2 Å². The van der Waals surface area contributed by atoms with E-state index in [9.17, 15) is 0 Å². The van der Waals surface area contributed by atoms with Gasteiger partial charge in [0.2, 0.25) is 0 Å². The lowest BCUT2D eigenvalue weighted by Crippen LogP contribution is -2.13. The van der Waals surface area contributed by atoms with Gasteiger partial charge in [-0.05, 0) is 25.2 Å². The average molecular weight is 186 g/mol. The molecule has 1 aliphatic carbocycles. The first-order chi connectivity index (χ1) is 6.33. The molecule has 0 aromatic rings. The maximum atomic E-state index is 5.73. The number of fused-ring (bicyclic) bond motifs is 1. The fourth-order valence-electron chi connectivity index (χ4n) is 2.33. The fourth-order valence-corrected chi connectivity index (χ4v) is 2.33. The second-order valence-electron chi connectivity index (χ2n) is 3.98. The van der Waals surface area contributed by atoms with E-state index in [4.69, 9.17) is 14.2 Å². The minimum atomic E-state index is 0.0542. The summed E-state index contributed by atoms with van der Waals surface area (Å²) >= 11 is 0. The van der Waals surface area contributed by atoms with E-state index >= 15 is 0 Å². The summed E-state index contributed by atoms with van der Waals surface area (Å²) in [4.78, 5) is 0. The van der Waals surface area contributed by atoms with Gasteiger partial charge in [-0.1, -0.05) is 6.92 Å². The van der Waals surface area contributed by atoms with Crippen LogP contribution in [0.1, 0.15) is 26.2 Å². The molecule has 2 rings (SSSR count). The van der Waals surface area contributed by atoms with Crippen LogP contribution in [0, 0.1) is 5.92 Å². The monoisotopic (exact) mass is 186 g/mol. The zero-order chi connectivity index (χ0) is 9.26. The largest absolute Gasteiger partial charge is 0.384 e. The molecule has 2 fully saturated rings. The Hall–Kier alpha value is -0.120. The summed E-state index contributed by atoms with van der Waals surface area (Å²) in [5.74, 6) is 0.637. The lowest BCUT2D eigenvalue weighted by atomic mass is 10.1. The van der Waals surface area contributed by atoms with E-state index in [1.54, 1.807) is 7.11 Å². The second-order valence-corrected chi connectivity index (χ2v) is 3.98. The number of hydrogen-bond donors (Lipinski definition) is 0. The molecule has 0 amide bonds. The third-order valence-corrected chi connectivity index (χ3v) is 2.93. The molecule has 0 aromatic carbocycles. The molecule has 1 saturated heterocycles. The lowest BCUT2D eigenvalue weighted by Gasteiger charge is -2.12. The third kappa shape index (κ3) is 1.87. The van der Waals surface area contributed by atoms with Crippen molar-refractivity contribution in [2.45, 2.75) is 44.7 Å². The van der Waals surface area contributed by atoms with Gasteiger partial charge in [-0.25, -0.2) is 0 Å². The van der Waals surface area contributed by atoms with Crippen LogP contribution in [0.25, 0.3) is 0 Å². The quantitative estimate of drug-likeness (QED) is 0.669. The van der Waals surface area contributed by atoms with Gasteiger partial charge in [0.25, 0.3) is 0 Å². The van der Waals surface area contributed by atoms with Crippen LogP contribution < -0.4 is 0 Å². The van der Waals surface area contributed by atoms with E-state index in [1.165, 1.54) is 0 Å². The van der Waals surface area contributed by atoms with Crippen molar-refractivity contribution in [2.24, 2.45) is 5.92 Å². The molecule has 2 atom stereocenters. The summed E-state index contributed by atoms with van der Waals surface area (Å²) in [5, 5.41) is 0. The first-order valence-corrected chi connectivity index (χ1v) is 5.13. The van der Waals surface area contributed by atoms with Crippen LogP contribution in [-0.2, 0) is 14.2 Å². The van der Waals surface area contributed by atoms with Gasteiger partial charge in [-0.2, -0.15) is 0 Å². The minimum absolute atomic E-state index is 0.0542. The van der Waals surface area contributed by atoms with Gasteiger partial charge in [0, 0.05) is 13.7 Å². The predicted octanol–water partition coefficient (Wildman–Crippen LogP) is 1.56. The normalized spacial score (nSPS) is 43.8. The van der Waals surface area contributed by atoms with Crippen molar-refractivity contribution in [1.29, 1.82) is 0 Å². The van der Waals surface area contributed by atoms with Crippen LogP contribution in [0.3, 0.4) is 0 Å². The summed E-state index contributed by atoms with van der Waals surface area (Å²) in [7, 11) is 1.75. The summed E-state index contributed by atoms with van der Waals surface area (Å²) < 4.78 is 16.6. The first-order valence-electron chi connectivity index (χ1n) is 5.13. The highest BCUT2D eigenvalue weighted by molar-refractivity contribution is 4.88. The topological polar surface area (TPSA) is 27.7 Å². The van der Waals surface area contributed by atoms with Crippen molar-refractivity contribution in [3.8, 4) is 0 Å². The Morgan fingerprint density at radius 1 is 1.23 bits per heavy atom. The van der Waals surface area contributed by atoms with E-state index in [-0.39, 0.29) is 6.29 Å². The lowest BCUT2D eigenvalue weighted by molar-refractivity contribution is -0.0796. The molecule has 1 heterocycles. The van der Waals surface area contributed by atoms with Gasteiger partial charge in [0.15, 0.2) is 6.29 Å². The van der Waals surface area contributed by atoms with E-state index in [2.05, 4.69) is 6.92 Å². The van der Waals surface area contributed by atoms with E-state index in [0.29, 0.717) is 18.1 Å². The molecule has 2 aliphatic rings. The molecule has 0 N–H and O–H groups in total. The molecule has 0 bridgehead atoms. The van der Waals surface area contributed by atoms with Crippen molar-refractivity contribution in [2.75, 3.05) is 13.7 Å². The molecule has 13 heavy (non-hydrogen) atoms. The van der Waals surface area contributed by atoms with Crippen molar-refractivity contribution in [1.82, 2.24) is 0 Å². The molecule has 2 unspecified atom stereocenters. The molecular weight excluding hydrogens is 168 g/mol. The van der Waals surface area contributed by atoms with E-state index in [0.717, 1.165) is 25.9 Å². The van der Waals surface area contributed by atoms with Crippen LogP contribution in [-0.4, -0.2) is 32.2 Å². The summed E-state index contributed by atoms with van der Waals surface area (Å²) in [6.07, 6.45) is 3.90. The summed E-state index contributed by atoms with van der Waals surface area (Å²) in [6.45, 7) is 2.94. The van der Waals surface area contributed by atoms with Gasteiger partial charge >= 0.3 is 0 Å². The zero-order valence-corrected chi connectivity index (χ0v) is 8.36. The van der Waals surface area contributed by atoms with E-state index in [1.807, 2.05) is 0 Å². The minimum Gasteiger partial charge on any atom is -0.384 e. The van der Waals surface area contributed by atoms with Gasteiger partial charge in [-0.15, -0.1) is 0 Å². The Balaban J connectivity index is 1.82. The molecule has 1 saturated carbocycles. The predicted molar refractivity (Wildman–Crippen MR) is 48.4 cm³/mol. The summed E-state index contributed by atoms with van der Waals surface area (Å²) in [5.41, 5.74) is 0. The van der Waals surface area contributed by atoms with Crippen LogP contribution in [0.5, 0.6) is 0 Å². The molecule has 0 aromatic heterocycles. The van der Waals surface area contributed by atoms with E-state index < -0.39 is 0 Å². The Morgan fingerprint density at radius 2 is 1.85 bits per heavy atom. The van der Waals surface area contributed by atoms with Gasteiger partial charge in [0.1, 0.15) is 0 Å². The Labute approximate surface area is 79.4 Å². The maximum Gasteiger partial charge on any atom is 0.158 e. The van der Waals surface area contributed by atoms with Crippen molar-refractivity contribution < 1.29 is 14.2 Å². The average Bonchev–Trinajstić information content (AvgIpc) is 2.61. The highest BCUT2D eigenvalue weighted by Crippen LogP contribution is 2.37. The van der Waals surface area contributed by atoms with Gasteiger partial charge in [-0.3, -0.25) is 0 Å². The van der Waals surface area contributed by atoms with Crippen molar-refractivity contribution in [3.05, 3.63) is 0 Å². The highest BCUT2D eigenvalue weighted by atomic mass is 16.7. The Morgan fingerprint density at radius 3 is 2.31 bits per heavy atom. The molecule has 0 radical (unpaired) electrons.